The van der Waals surface area contributed by atoms with E-state index in [9.17, 15) is 19.5 Å². The fourth-order valence-electron chi connectivity index (χ4n) is 4.98. The SMILES string of the molecule is CC(=O)OC(C[Si](C)(C)C)SCC[C@@]1(O)C(=O)OCc2c1cc1n(c2=O)Cc2cc3ccccc3nc2-1. The number of fused-ring (bicyclic) bond motifs is 5. The van der Waals surface area contributed by atoms with Crippen molar-refractivity contribution in [3.8, 4) is 11.4 Å². The van der Waals surface area contributed by atoms with Gasteiger partial charge in [0, 0.05) is 43.7 Å². The molecule has 5 rings (SSSR count). The highest BCUT2D eigenvalue weighted by molar-refractivity contribution is 7.99. The molecule has 0 saturated heterocycles. The maximum Gasteiger partial charge on any atom is 0.343 e. The molecule has 0 amide bonds. The van der Waals surface area contributed by atoms with Crippen LogP contribution < -0.4 is 5.56 Å². The molecule has 37 heavy (non-hydrogen) atoms. The summed E-state index contributed by atoms with van der Waals surface area (Å²) in [6.45, 7) is 8.14. The molecule has 194 valence electrons. The maximum atomic E-state index is 13.5. The minimum absolute atomic E-state index is 0.0217. The number of esters is 2. The van der Waals surface area contributed by atoms with Crippen molar-refractivity contribution < 1.29 is 24.2 Å². The summed E-state index contributed by atoms with van der Waals surface area (Å²) in [6.07, 6.45) is 0.0217. The molecule has 3 aromatic rings. The van der Waals surface area contributed by atoms with Crippen molar-refractivity contribution in [1.82, 2.24) is 9.55 Å². The Labute approximate surface area is 220 Å². The van der Waals surface area contributed by atoms with E-state index in [1.165, 1.54) is 18.7 Å². The molecule has 1 aromatic carbocycles. The summed E-state index contributed by atoms with van der Waals surface area (Å²) in [6, 6.07) is 12.3. The highest BCUT2D eigenvalue weighted by atomic mass is 32.2. The number of ether oxygens (including phenoxy) is 2. The second kappa shape index (κ2) is 9.41. The highest BCUT2D eigenvalue weighted by Crippen LogP contribution is 2.39. The Kier molecular flexibility index (Phi) is 6.53. The van der Waals surface area contributed by atoms with Crippen molar-refractivity contribution in [2.75, 3.05) is 5.75 Å². The predicted octanol–water partition coefficient (Wildman–Crippen LogP) is 4.02. The predicted molar refractivity (Wildman–Crippen MR) is 145 cm³/mol. The van der Waals surface area contributed by atoms with Gasteiger partial charge in [-0.1, -0.05) is 37.8 Å². The fourth-order valence-corrected chi connectivity index (χ4v) is 8.92. The van der Waals surface area contributed by atoms with E-state index in [1.54, 1.807) is 10.6 Å². The first-order chi connectivity index (χ1) is 17.5. The smallest absolute Gasteiger partial charge is 0.343 e. The molecule has 0 radical (unpaired) electrons. The molecule has 8 nitrogen and oxygen atoms in total. The number of carbonyl (C=O) groups excluding carboxylic acids is 2. The van der Waals surface area contributed by atoms with Crippen LogP contribution in [0.25, 0.3) is 22.3 Å². The van der Waals surface area contributed by atoms with Crippen LogP contribution in [0.3, 0.4) is 0 Å². The van der Waals surface area contributed by atoms with E-state index in [4.69, 9.17) is 14.5 Å². The van der Waals surface area contributed by atoms with Gasteiger partial charge in [-0.05, 0) is 24.2 Å². The number of nitrogens with zero attached hydrogens (tertiary/aromatic N) is 2. The van der Waals surface area contributed by atoms with Crippen LogP contribution in [0, 0.1) is 0 Å². The second-order valence-corrected chi connectivity index (χ2v) is 17.7. The average Bonchev–Trinajstić information content (AvgIpc) is 3.17. The van der Waals surface area contributed by atoms with E-state index in [0.717, 1.165) is 22.5 Å². The van der Waals surface area contributed by atoms with Gasteiger partial charge in [-0.2, -0.15) is 0 Å². The summed E-state index contributed by atoms with van der Waals surface area (Å²) in [5, 5.41) is 12.6. The zero-order chi connectivity index (χ0) is 26.5. The molecule has 2 atom stereocenters. The van der Waals surface area contributed by atoms with Crippen LogP contribution in [0.15, 0.2) is 41.2 Å². The Morgan fingerprint density at radius 1 is 1.27 bits per heavy atom. The average molecular weight is 539 g/mol. The van der Waals surface area contributed by atoms with Gasteiger partial charge in [0.2, 0.25) is 0 Å². The summed E-state index contributed by atoms with van der Waals surface area (Å²) < 4.78 is 12.4. The summed E-state index contributed by atoms with van der Waals surface area (Å²) >= 11 is 1.39. The first-order valence-electron chi connectivity index (χ1n) is 12.3. The van der Waals surface area contributed by atoms with E-state index in [2.05, 4.69) is 19.6 Å². The van der Waals surface area contributed by atoms with Crippen molar-refractivity contribution in [3.63, 3.8) is 0 Å². The topological polar surface area (TPSA) is 108 Å². The summed E-state index contributed by atoms with van der Waals surface area (Å²) in [5.74, 6) is -0.797. The largest absolute Gasteiger partial charge is 0.458 e. The molecule has 4 heterocycles. The van der Waals surface area contributed by atoms with Crippen LogP contribution in [0.4, 0.5) is 0 Å². The Morgan fingerprint density at radius 3 is 2.76 bits per heavy atom. The Bertz CT molecular complexity index is 1480. The summed E-state index contributed by atoms with van der Waals surface area (Å²) in [7, 11) is -1.54. The van der Waals surface area contributed by atoms with Crippen LogP contribution in [-0.2, 0) is 37.8 Å². The highest BCUT2D eigenvalue weighted by Gasteiger charge is 2.46. The lowest BCUT2D eigenvalue weighted by Crippen LogP contribution is -2.45. The first kappa shape index (κ1) is 25.7. The molecule has 2 aromatic heterocycles. The van der Waals surface area contributed by atoms with Crippen molar-refractivity contribution in [1.29, 1.82) is 0 Å². The van der Waals surface area contributed by atoms with Crippen molar-refractivity contribution >= 4 is 42.7 Å². The number of pyridine rings is 2. The van der Waals surface area contributed by atoms with Crippen molar-refractivity contribution in [3.05, 3.63) is 63.4 Å². The molecule has 10 heteroatoms. The number of cyclic esters (lactones) is 1. The van der Waals surface area contributed by atoms with E-state index in [1.807, 2.05) is 30.3 Å². The van der Waals surface area contributed by atoms with Gasteiger partial charge in [0.1, 0.15) is 12.0 Å². The molecular weight excluding hydrogens is 508 g/mol. The van der Waals surface area contributed by atoms with Gasteiger partial charge in [-0.3, -0.25) is 9.59 Å². The molecular formula is C27H30N2O6SSi. The van der Waals surface area contributed by atoms with Crippen LogP contribution in [0.5, 0.6) is 0 Å². The Hall–Kier alpha value is -2.95. The van der Waals surface area contributed by atoms with Crippen LogP contribution in [-0.4, -0.2) is 45.9 Å². The third kappa shape index (κ3) is 4.85. The zero-order valence-electron chi connectivity index (χ0n) is 21.4. The van der Waals surface area contributed by atoms with E-state index in [-0.39, 0.29) is 41.1 Å². The van der Waals surface area contributed by atoms with Gasteiger partial charge in [0.05, 0.1) is 29.0 Å². The number of hydrogen-bond donors (Lipinski definition) is 1. The number of hydrogen-bond acceptors (Lipinski definition) is 8. The van der Waals surface area contributed by atoms with Gasteiger partial charge in [-0.15, -0.1) is 11.8 Å². The lowest BCUT2D eigenvalue weighted by molar-refractivity contribution is -0.172. The molecule has 0 aliphatic carbocycles. The lowest BCUT2D eigenvalue weighted by atomic mass is 9.86. The molecule has 2 aliphatic rings. The second-order valence-electron chi connectivity index (χ2n) is 10.9. The van der Waals surface area contributed by atoms with E-state index < -0.39 is 19.6 Å². The molecule has 2 aliphatic heterocycles. The number of thioether (sulfide) groups is 1. The standard InChI is InChI=1S/C27H30N2O6SSi/c1-16(30)35-23(15-37(2,3)4)36-10-9-27(33)20-12-22-24-18(11-17-7-5-6-8-21(17)28-24)13-29(22)25(31)19(20)14-34-26(27)32/h5-8,11-12,23,33H,9-10,13-15H2,1-4H3/t23?,27-/m0/s1. The Morgan fingerprint density at radius 2 is 2.03 bits per heavy atom. The monoisotopic (exact) mass is 538 g/mol. The molecule has 1 N–H and O–H groups in total. The van der Waals surface area contributed by atoms with Crippen LogP contribution >= 0.6 is 11.8 Å². The number of carbonyl (C=O) groups is 2. The lowest BCUT2D eigenvalue weighted by Gasteiger charge is -2.33. The number of para-hydroxylation sites is 1. The Balaban J connectivity index is 1.48. The third-order valence-corrected chi connectivity index (χ3v) is 9.72. The molecule has 1 unspecified atom stereocenters. The number of rotatable bonds is 7. The summed E-state index contributed by atoms with van der Waals surface area (Å²) in [5.41, 5.74) is 0.927. The van der Waals surface area contributed by atoms with E-state index >= 15 is 0 Å². The molecule has 0 fully saturated rings. The number of benzene rings is 1. The quantitative estimate of drug-likeness (QED) is 0.214. The van der Waals surface area contributed by atoms with Gasteiger partial charge in [-0.25, -0.2) is 9.78 Å². The normalized spacial score (nSPS) is 19.1. The maximum absolute atomic E-state index is 13.5. The molecule has 0 bridgehead atoms. The number of aromatic nitrogens is 2. The van der Waals surface area contributed by atoms with Crippen LogP contribution in [0.1, 0.15) is 30.0 Å². The zero-order valence-corrected chi connectivity index (χ0v) is 23.2. The minimum atomic E-state index is -1.98. The first-order valence-corrected chi connectivity index (χ1v) is 17.1. The van der Waals surface area contributed by atoms with E-state index in [0.29, 0.717) is 23.7 Å². The van der Waals surface area contributed by atoms with Gasteiger partial charge < -0.3 is 19.1 Å². The molecule has 0 spiro atoms. The van der Waals surface area contributed by atoms with Crippen LogP contribution in [0.2, 0.25) is 25.7 Å². The fraction of sp³-hybridized carbons (Fsp3) is 0.407. The van der Waals surface area contributed by atoms with Gasteiger partial charge >= 0.3 is 11.9 Å². The van der Waals surface area contributed by atoms with Gasteiger partial charge in [0.25, 0.3) is 5.56 Å². The van der Waals surface area contributed by atoms with Gasteiger partial charge in [0.15, 0.2) is 5.60 Å². The number of aliphatic hydroxyl groups is 1. The molecule has 0 saturated carbocycles. The third-order valence-electron chi connectivity index (χ3n) is 6.75. The minimum Gasteiger partial charge on any atom is -0.458 e. The van der Waals surface area contributed by atoms with Crippen molar-refractivity contribution in [2.45, 2.75) is 63.2 Å². The van der Waals surface area contributed by atoms with Crippen molar-refractivity contribution in [2.24, 2.45) is 0 Å². The summed E-state index contributed by atoms with van der Waals surface area (Å²) in [4.78, 5) is 42.8.